The van der Waals surface area contributed by atoms with Gasteiger partial charge >= 0.3 is 0 Å². The molecule has 5 nitrogen and oxygen atoms in total. The maximum Gasteiger partial charge on any atom is 0.293 e. The number of imide groups is 1. The van der Waals surface area contributed by atoms with E-state index in [4.69, 9.17) is 21.1 Å². The number of halogens is 1. The smallest absolute Gasteiger partial charge is 0.293 e. The van der Waals surface area contributed by atoms with Crippen LogP contribution >= 0.6 is 23.4 Å². The highest BCUT2D eigenvalue weighted by Gasteiger charge is 2.35. The van der Waals surface area contributed by atoms with E-state index in [-0.39, 0.29) is 17.7 Å². The Balaban J connectivity index is 1.81. The minimum atomic E-state index is -0.346. The molecule has 0 N–H and O–H groups in total. The van der Waals surface area contributed by atoms with E-state index in [1.807, 2.05) is 6.07 Å². The molecule has 0 unspecified atom stereocenters. The van der Waals surface area contributed by atoms with Gasteiger partial charge in [-0.2, -0.15) is 0 Å². The van der Waals surface area contributed by atoms with Crippen LogP contribution in [0.5, 0.6) is 11.5 Å². The molecule has 2 aromatic rings. The predicted octanol–water partition coefficient (Wildman–Crippen LogP) is 5.15. The molecule has 0 radical (unpaired) electrons. The number of benzene rings is 2. The average Bonchev–Trinajstić information content (AvgIpc) is 2.95. The van der Waals surface area contributed by atoms with Crippen molar-refractivity contribution < 1.29 is 19.1 Å². The minimum Gasteiger partial charge on any atom is -0.493 e. The van der Waals surface area contributed by atoms with Crippen molar-refractivity contribution in [1.82, 2.24) is 4.90 Å². The van der Waals surface area contributed by atoms with Crippen LogP contribution in [0.4, 0.5) is 4.79 Å². The first kappa shape index (κ1) is 20.0. The van der Waals surface area contributed by atoms with E-state index in [0.29, 0.717) is 28.0 Å². The van der Waals surface area contributed by atoms with E-state index in [1.54, 1.807) is 48.6 Å². The number of rotatable bonds is 7. The number of methoxy groups -OCH3 is 1. The van der Waals surface area contributed by atoms with Crippen molar-refractivity contribution in [2.75, 3.05) is 13.7 Å². The topological polar surface area (TPSA) is 55.8 Å². The highest BCUT2D eigenvalue weighted by molar-refractivity contribution is 8.18. The maximum atomic E-state index is 12.7. The lowest BCUT2D eigenvalue weighted by Gasteiger charge is -2.13. The number of hydrogen-bond donors (Lipinski definition) is 0. The van der Waals surface area contributed by atoms with Crippen molar-refractivity contribution in [3.8, 4) is 11.5 Å². The fourth-order valence-electron chi connectivity index (χ4n) is 2.63. The molecule has 2 aromatic carbocycles. The van der Waals surface area contributed by atoms with Gasteiger partial charge < -0.3 is 9.47 Å². The first-order valence-electron chi connectivity index (χ1n) is 8.44. The summed E-state index contributed by atoms with van der Waals surface area (Å²) in [4.78, 5) is 26.6. The van der Waals surface area contributed by atoms with Gasteiger partial charge in [0.25, 0.3) is 11.1 Å². The standard InChI is InChI=1S/C21H18ClNO4S/c1-3-10-27-17-9-8-14(11-18(17)26-2)12-19-20(24)23(21(25)28-19)13-15-6-4-5-7-16(15)22/h3-9,11-12H,1,10,13H2,2H3/b19-12+. The monoisotopic (exact) mass is 415 g/mol. The van der Waals surface area contributed by atoms with E-state index < -0.39 is 0 Å². The van der Waals surface area contributed by atoms with Gasteiger partial charge in [0.05, 0.1) is 18.6 Å². The van der Waals surface area contributed by atoms with E-state index in [2.05, 4.69) is 6.58 Å². The van der Waals surface area contributed by atoms with Crippen molar-refractivity contribution in [2.45, 2.75) is 6.54 Å². The molecule has 1 heterocycles. The zero-order chi connectivity index (χ0) is 20.1. The number of thioether (sulfide) groups is 1. The number of carbonyl (C=O) groups excluding carboxylic acids is 2. The molecule has 1 fully saturated rings. The highest BCUT2D eigenvalue weighted by Crippen LogP contribution is 2.35. The molecule has 2 amide bonds. The molecule has 7 heteroatoms. The molecule has 3 rings (SSSR count). The molecule has 0 saturated carbocycles. The lowest BCUT2D eigenvalue weighted by molar-refractivity contribution is -0.123. The first-order chi connectivity index (χ1) is 13.5. The third kappa shape index (κ3) is 4.40. The van der Waals surface area contributed by atoms with Gasteiger partial charge in [0.2, 0.25) is 0 Å². The number of hydrogen-bond acceptors (Lipinski definition) is 5. The summed E-state index contributed by atoms with van der Waals surface area (Å²) in [5.41, 5.74) is 1.45. The van der Waals surface area contributed by atoms with Gasteiger partial charge in [-0.1, -0.05) is 48.5 Å². The summed E-state index contributed by atoms with van der Waals surface area (Å²) < 4.78 is 10.9. The van der Waals surface area contributed by atoms with Crippen LogP contribution in [0.3, 0.4) is 0 Å². The molecule has 0 atom stereocenters. The molecule has 144 valence electrons. The van der Waals surface area contributed by atoms with Crippen LogP contribution in [0, 0.1) is 0 Å². The molecule has 28 heavy (non-hydrogen) atoms. The van der Waals surface area contributed by atoms with Crippen molar-refractivity contribution in [2.24, 2.45) is 0 Å². The average molecular weight is 416 g/mol. The molecule has 0 bridgehead atoms. The van der Waals surface area contributed by atoms with E-state index in [9.17, 15) is 9.59 Å². The SMILES string of the molecule is C=CCOc1ccc(/C=C2/SC(=O)N(Cc3ccccc3Cl)C2=O)cc1OC. The third-order valence-electron chi connectivity index (χ3n) is 4.00. The Morgan fingerprint density at radius 1 is 1.18 bits per heavy atom. The summed E-state index contributed by atoms with van der Waals surface area (Å²) >= 11 is 7.05. The summed E-state index contributed by atoms with van der Waals surface area (Å²) in [5, 5.41) is 0.194. The molecule has 0 aromatic heterocycles. The Morgan fingerprint density at radius 3 is 2.68 bits per heavy atom. The maximum absolute atomic E-state index is 12.7. The van der Waals surface area contributed by atoms with E-state index in [0.717, 1.165) is 22.9 Å². The molecule has 1 aliphatic heterocycles. The summed E-state index contributed by atoms with van der Waals surface area (Å²) in [6, 6.07) is 12.4. The van der Waals surface area contributed by atoms with Crippen LogP contribution in [0.1, 0.15) is 11.1 Å². The predicted molar refractivity (Wildman–Crippen MR) is 112 cm³/mol. The van der Waals surface area contributed by atoms with Gasteiger partial charge in [-0.3, -0.25) is 14.5 Å². The Bertz CT molecular complexity index is 957. The fraction of sp³-hybridized carbons (Fsp3) is 0.143. The third-order valence-corrected chi connectivity index (χ3v) is 5.28. The molecule has 0 aliphatic carbocycles. The van der Waals surface area contributed by atoms with Crippen LogP contribution < -0.4 is 9.47 Å². The van der Waals surface area contributed by atoms with Crippen molar-refractivity contribution in [3.05, 3.63) is 76.2 Å². The quantitative estimate of drug-likeness (QED) is 0.462. The second kappa shape index (κ2) is 8.99. The van der Waals surface area contributed by atoms with Gasteiger partial charge in [0.15, 0.2) is 11.5 Å². The Morgan fingerprint density at radius 2 is 1.96 bits per heavy atom. The van der Waals surface area contributed by atoms with Crippen molar-refractivity contribution in [1.29, 1.82) is 0 Å². The van der Waals surface area contributed by atoms with Crippen LogP contribution in [0.2, 0.25) is 5.02 Å². The van der Waals surface area contributed by atoms with Gasteiger partial charge in [0, 0.05) is 5.02 Å². The number of carbonyl (C=O) groups is 2. The van der Waals surface area contributed by atoms with Crippen LogP contribution in [0.15, 0.2) is 60.0 Å². The van der Waals surface area contributed by atoms with Crippen LogP contribution in [-0.4, -0.2) is 29.8 Å². The molecular weight excluding hydrogens is 398 g/mol. The zero-order valence-electron chi connectivity index (χ0n) is 15.2. The normalized spacial score (nSPS) is 15.2. The number of ether oxygens (including phenoxy) is 2. The summed E-state index contributed by atoms with van der Waals surface area (Å²) in [5.74, 6) is 0.762. The summed E-state index contributed by atoms with van der Waals surface area (Å²) in [6.45, 7) is 4.11. The summed E-state index contributed by atoms with van der Waals surface area (Å²) in [6.07, 6.45) is 3.31. The molecule has 1 aliphatic rings. The zero-order valence-corrected chi connectivity index (χ0v) is 16.8. The minimum absolute atomic E-state index is 0.138. The van der Waals surface area contributed by atoms with Crippen molar-refractivity contribution in [3.63, 3.8) is 0 Å². The Labute approximate surface area is 172 Å². The lowest BCUT2D eigenvalue weighted by Crippen LogP contribution is -2.27. The fourth-order valence-corrected chi connectivity index (χ4v) is 3.66. The second-order valence-electron chi connectivity index (χ2n) is 5.87. The van der Waals surface area contributed by atoms with Gasteiger partial charge in [0.1, 0.15) is 6.61 Å². The molecule has 0 spiro atoms. The lowest BCUT2D eigenvalue weighted by atomic mass is 10.1. The molecular formula is C21H18ClNO4S. The number of nitrogens with zero attached hydrogens (tertiary/aromatic N) is 1. The van der Waals surface area contributed by atoms with Gasteiger partial charge in [-0.05, 0) is 47.2 Å². The highest BCUT2D eigenvalue weighted by atomic mass is 35.5. The first-order valence-corrected chi connectivity index (χ1v) is 9.63. The Hall–Kier alpha value is -2.70. The second-order valence-corrected chi connectivity index (χ2v) is 7.27. The van der Waals surface area contributed by atoms with E-state index in [1.165, 1.54) is 12.0 Å². The Kier molecular flexibility index (Phi) is 6.44. The van der Waals surface area contributed by atoms with Gasteiger partial charge in [-0.25, -0.2) is 0 Å². The number of amides is 2. The van der Waals surface area contributed by atoms with Crippen molar-refractivity contribution >= 4 is 40.6 Å². The van der Waals surface area contributed by atoms with Crippen LogP contribution in [0.25, 0.3) is 6.08 Å². The summed E-state index contributed by atoms with van der Waals surface area (Å²) in [7, 11) is 1.54. The molecule has 1 saturated heterocycles. The van der Waals surface area contributed by atoms with E-state index >= 15 is 0 Å². The van der Waals surface area contributed by atoms with Gasteiger partial charge in [-0.15, -0.1) is 0 Å². The largest absolute Gasteiger partial charge is 0.493 e. The van der Waals surface area contributed by atoms with Crippen LogP contribution in [-0.2, 0) is 11.3 Å².